The highest BCUT2D eigenvalue weighted by molar-refractivity contribution is 7.16. The number of aromatic nitrogens is 2. The quantitative estimate of drug-likeness (QED) is 0.163. The minimum Gasteiger partial charge on any atom is -0.466 e. The summed E-state index contributed by atoms with van der Waals surface area (Å²) in [5.41, 5.74) is 2.89. The first-order valence-electron chi connectivity index (χ1n) is 14.0. The van der Waals surface area contributed by atoms with Crippen molar-refractivity contribution in [1.82, 2.24) is 9.55 Å². The lowest BCUT2D eigenvalue weighted by Gasteiger charge is -2.22. The molecule has 0 atom stereocenters. The van der Waals surface area contributed by atoms with E-state index < -0.39 is 11.7 Å². The van der Waals surface area contributed by atoms with Crippen LogP contribution >= 0.6 is 34.5 Å². The van der Waals surface area contributed by atoms with E-state index in [1.165, 1.54) is 4.57 Å². The van der Waals surface area contributed by atoms with Gasteiger partial charge in [-0.2, -0.15) is 0 Å². The van der Waals surface area contributed by atoms with Gasteiger partial charge in [0.2, 0.25) is 0 Å². The summed E-state index contributed by atoms with van der Waals surface area (Å²) in [5, 5.41) is 2.68. The van der Waals surface area contributed by atoms with Crippen molar-refractivity contribution in [1.29, 1.82) is 0 Å². The summed E-state index contributed by atoms with van der Waals surface area (Å²) in [6.45, 7) is 12.9. The van der Waals surface area contributed by atoms with Crippen LogP contribution in [0.15, 0.2) is 48.7 Å². The summed E-state index contributed by atoms with van der Waals surface area (Å²) in [5.74, 6) is 0.148. The highest BCUT2D eigenvalue weighted by Gasteiger charge is 2.23. The Morgan fingerprint density at radius 2 is 1.86 bits per heavy atom. The highest BCUT2D eigenvalue weighted by Crippen LogP contribution is 2.38. The Kier molecular flexibility index (Phi) is 10.2. The normalized spacial score (nSPS) is 11.7. The van der Waals surface area contributed by atoms with Crippen LogP contribution in [0.25, 0.3) is 22.2 Å². The molecule has 0 radical (unpaired) electrons. The van der Waals surface area contributed by atoms with Gasteiger partial charge in [-0.3, -0.25) is 9.36 Å². The number of fused-ring (bicyclic) bond motifs is 1. The van der Waals surface area contributed by atoms with Crippen molar-refractivity contribution in [2.24, 2.45) is 5.92 Å². The van der Waals surface area contributed by atoms with Crippen molar-refractivity contribution in [2.45, 2.75) is 66.5 Å². The first-order chi connectivity index (χ1) is 19.9. The molecule has 2 aromatic heterocycles. The van der Waals surface area contributed by atoms with E-state index in [-0.39, 0.29) is 12.4 Å². The number of hydrogen-bond donors (Lipinski definition) is 0. The summed E-state index contributed by atoms with van der Waals surface area (Å²) < 4.78 is 12.4. The second-order valence-corrected chi connectivity index (χ2v) is 13.4. The molecular formula is C32H37Cl2N3O4S. The van der Waals surface area contributed by atoms with Gasteiger partial charge >= 0.3 is 12.1 Å². The molecule has 0 aliphatic rings. The summed E-state index contributed by atoms with van der Waals surface area (Å²) in [4.78, 5) is 33.6. The topological polar surface area (TPSA) is 73.7 Å². The van der Waals surface area contributed by atoms with Gasteiger partial charge in [0, 0.05) is 35.1 Å². The van der Waals surface area contributed by atoms with Crippen LogP contribution in [-0.4, -0.2) is 40.4 Å². The number of carbonyl (C=O) groups excluding carboxylic acids is 2. The molecule has 2 aromatic carbocycles. The number of carbonyl (C=O) groups is 2. The summed E-state index contributed by atoms with van der Waals surface area (Å²) in [6.07, 6.45) is 2.35. The van der Waals surface area contributed by atoms with Crippen LogP contribution in [0.1, 0.15) is 58.4 Å². The minimum atomic E-state index is -0.611. The molecule has 0 saturated carbocycles. The highest BCUT2D eigenvalue weighted by atomic mass is 35.5. The van der Waals surface area contributed by atoms with Crippen LogP contribution < -0.4 is 4.90 Å². The van der Waals surface area contributed by atoms with Crippen molar-refractivity contribution in [3.63, 3.8) is 0 Å². The standard InChI is InChI=1S/C32H37Cl2N3O4S/c1-7-40-28(38)14-15-36(19-22-9-8-10-26-23(22)13-16-37(26)31(39)41-32(4,5)6)30-35-29(27(42-30)17-20(2)3)21-11-12-24(33)25(34)18-21/h8-13,16,18,20H,7,14-15,17,19H2,1-6H3. The molecule has 0 fully saturated rings. The van der Waals surface area contributed by atoms with Gasteiger partial charge in [-0.15, -0.1) is 11.3 Å². The largest absolute Gasteiger partial charge is 0.466 e. The molecular weight excluding hydrogens is 593 g/mol. The number of thiazole rings is 1. The van der Waals surface area contributed by atoms with Crippen molar-refractivity contribution in [2.75, 3.05) is 18.1 Å². The van der Waals surface area contributed by atoms with Crippen LogP contribution in [0.4, 0.5) is 9.93 Å². The lowest BCUT2D eigenvalue weighted by molar-refractivity contribution is -0.142. The van der Waals surface area contributed by atoms with E-state index in [1.54, 1.807) is 30.5 Å². The number of esters is 1. The molecule has 4 aromatic rings. The van der Waals surface area contributed by atoms with E-state index in [0.29, 0.717) is 35.7 Å². The van der Waals surface area contributed by atoms with Gasteiger partial charge in [-0.05, 0) is 69.9 Å². The van der Waals surface area contributed by atoms with Gasteiger partial charge in [-0.1, -0.05) is 55.2 Å². The smallest absolute Gasteiger partial charge is 0.418 e. The van der Waals surface area contributed by atoms with E-state index in [4.69, 9.17) is 37.7 Å². The average Bonchev–Trinajstić information content (AvgIpc) is 3.52. The van der Waals surface area contributed by atoms with Gasteiger partial charge in [0.05, 0.1) is 34.3 Å². The monoisotopic (exact) mass is 629 g/mol. The molecule has 4 rings (SSSR count). The fourth-order valence-electron chi connectivity index (χ4n) is 4.60. The fourth-order valence-corrected chi connectivity index (χ4v) is 6.22. The Labute approximate surface area is 261 Å². The van der Waals surface area contributed by atoms with Crippen LogP contribution in [0, 0.1) is 5.92 Å². The van der Waals surface area contributed by atoms with Crippen molar-refractivity contribution >= 4 is 62.6 Å². The number of nitrogens with zero attached hydrogens (tertiary/aromatic N) is 3. The lowest BCUT2D eigenvalue weighted by Crippen LogP contribution is -2.27. The number of hydrogen-bond acceptors (Lipinski definition) is 7. The first kappa shape index (κ1) is 31.9. The third kappa shape index (κ3) is 7.85. The van der Waals surface area contributed by atoms with E-state index in [1.807, 2.05) is 57.2 Å². The number of ether oxygens (including phenoxy) is 2. The second-order valence-electron chi connectivity index (χ2n) is 11.5. The van der Waals surface area contributed by atoms with Crippen molar-refractivity contribution < 1.29 is 19.1 Å². The van der Waals surface area contributed by atoms with Crippen LogP contribution in [-0.2, 0) is 27.2 Å². The molecule has 0 N–H and O–H groups in total. The van der Waals surface area contributed by atoms with Crippen LogP contribution in [0.2, 0.25) is 10.0 Å². The SMILES string of the molecule is CCOC(=O)CCN(Cc1cccc2c1ccn2C(=O)OC(C)(C)C)c1nc(-c2ccc(Cl)c(Cl)c2)c(CC(C)C)s1. The molecule has 0 saturated heterocycles. The van der Waals surface area contributed by atoms with Crippen LogP contribution in [0.5, 0.6) is 0 Å². The van der Waals surface area contributed by atoms with E-state index >= 15 is 0 Å². The maximum Gasteiger partial charge on any atom is 0.418 e. The third-order valence-electron chi connectivity index (χ3n) is 6.41. The number of anilines is 1. The van der Waals surface area contributed by atoms with E-state index in [0.717, 1.165) is 44.2 Å². The maximum absolute atomic E-state index is 12.9. The Hall–Kier alpha value is -3.07. The number of benzene rings is 2. The zero-order valence-corrected chi connectivity index (χ0v) is 27.2. The fraction of sp³-hybridized carbons (Fsp3) is 0.406. The molecule has 10 heteroatoms. The summed E-state index contributed by atoms with van der Waals surface area (Å²) in [7, 11) is 0. The Balaban J connectivity index is 1.74. The molecule has 2 heterocycles. The summed E-state index contributed by atoms with van der Waals surface area (Å²) >= 11 is 14.2. The molecule has 0 unspecified atom stereocenters. The van der Waals surface area contributed by atoms with Gasteiger partial charge in [-0.25, -0.2) is 9.78 Å². The Morgan fingerprint density at radius 3 is 2.52 bits per heavy atom. The van der Waals surface area contributed by atoms with Crippen molar-refractivity contribution in [3.8, 4) is 11.3 Å². The second kappa shape index (κ2) is 13.5. The van der Waals surface area contributed by atoms with Gasteiger partial charge in [0.25, 0.3) is 0 Å². The molecule has 0 bridgehead atoms. The molecule has 0 amide bonds. The maximum atomic E-state index is 12.9. The number of rotatable bonds is 10. The first-order valence-corrected chi connectivity index (χ1v) is 15.6. The number of halogens is 2. The van der Waals surface area contributed by atoms with Crippen molar-refractivity contribution in [3.05, 3.63) is 69.1 Å². The molecule has 42 heavy (non-hydrogen) atoms. The van der Waals surface area contributed by atoms with E-state index in [9.17, 15) is 9.59 Å². The molecule has 224 valence electrons. The average molecular weight is 631 g/mol. The summed E-state index contributed by atoms with van der Waals surface area (Å²) in [6, 6.07) is 13.3. The zero-order valence-electron chi connectivity index (χ0n) is 24.9. The van der Waals surface area contributed by atoms with Gasteiger partial charge < -0.3 is 14.4 Å². The Morgan fingerprint density at radius 1 is 1.10 bits per heavy atom. The molecule has 0 aliphatic carbocycles. The van der Waals surface area contributed by atoms with Gasteiger partial charge in [0.15, 0.2) is 5.13 Å². The minimum absolute atomic E-state index is 0.212. The lowest BCUT2D eigenvalue weighted by atomic mass is 10.0. The predicted molar refractivity (Wildman–Crippen MR) is 172 cm³/mol. The van der Waals surface area contributed by atoms with E-state index in [2.05, 4.69) is 18.7 Å². The third-order valence-corrected chi connectivity index (χ3v) is 8.29. The predicted octanol–water partition coefficient (Wildman–Crippen LogP) is 9.01. The zero-order chi connectivity index (χ0) is 30.6. The molecule has 0 spiro atoms. The Bertz CT molecular complexity index is 1570. The van der Waals surface area contributed by atoms with Crippen LogP contribution in [0.3, 0.4) is 0 Å². The molecule has 0 aliphatic heterocycles. The van der Waals surface area contributed by atoms with Gasteiger partial charge in [0.1, 0.15) is 5.60 Å². The molecule has 7 nitrogen and oxygen atoms in total.